The van der Waals surface area contributed by atoms with E-state index < -0.39 is 0 Å². The van der Waals surface area contributed by atoms with Crippen molar-refractivity contribution < 1.29 is 4.74 Å². The van der Waals surface area contributed by atoms with Crippen LogP contribution in [0.2, 0.25) is 0 Å². The molecule has 0 aromatic carbocycles. The minimum Gasteiger partial charge on any atom is -0.381 e. The van der Waals surface area contributed by atoms with Crippen molar-refractivity contribution in [3.63, 3.8) is 0 Å². The van der Waals surface area contributed by atoms with Gasteiger partial charge in [-0.2, -0.15) is 0 Å². The molecule has 1 aromatic heterocycles. The lowest BCUT2D eigenvalue weighted by atomic mass is 9.82. The zero-order valence-electron chi connectivity index (χ0n) is 12.7. The summed E-state index contributed by atoms with van der Waals surface area (Å²) in [6.07, 6.45) is 4.21. The van der Waals surface area contributed by atoms with Crippen LogP contribution in [0.15, 0.2) is 24.4 Å². The summed E-state index contributed by atoms with van der Waals surface area (Å²) in [6, 6.07) is 6.11. The average Bonchev–Trinajstić information content (AvgIpc) is 2.57. The van der Waals surface area contributed by atoms with Gasteiger partial charge in [0.15, 0.2) is 0 Å². The summed E-state index contributed by atoms with van der Waals surface area (Å²) in [5, 5.41) is 0. The Morgan fingerprint density at radius 2 is 2.10 bits per heavy atom. The maximum atomic E-state index is 6.05. The standard InChI is InChI=1S/C16H26N4O/c17-12-16(5-3-11-21-14-16)13-19-7-9-20(10-8-19)15-4-1-2-6-18-15/h1-2,4,6H,3,5,7-14,17H2. The molecule has 2 N–H and O–H groups in total. The van der Waals surface area contributed by atoms with Gasteiger partial charge in [-0.3, -0.25) is 4.90 Å². The van der Waals surface area contributed by atoms with E-state index in [1.165, 1.54) is 6.42 Å². The Morgan fingerprint density at radius 1 is 1.24 bits per heavy atom. The number of ether oxygens (including phenoxy) is 1. The summed E-state index contributed by atoms with van der Waals surface area (Å²) < 4.78 is 5.68. The largest absolute Gasteiger partial charge is 0.381 e. The molecule has 5 nitrogen and oxygen atoms in total. The second kappa shape index (κ2) is 6.73. The molecule has 0 amide bonds. The zero-order valence-corrected chi connectivity index (χ0v) is 12.7. The molecule has 0 radical (unpaired) electrons. The van der Waals surface area contributed by atoms with Gasteiger partial charge in [0.25, 0.3) is 0 Å². The van der Waals surface area contributed by atoms with Crippen molar-refractivity contribution in [2.24, 2.45) is 11.1 Å². The topological polar surface area (TPSA) is 54.6 Å². The van der Waals surface area contributed by atoms with E-state index in [0.29, 0.717) is 0 Å². The van der Waals surface area contributed by atoms with E-state index >= 15 is 0 Å². The fourth-order valence-corrected chi connectivity index (χ4v) is 3.41. The smallest absolute Gasteiger partial charge is 0.128 e. The highest BCUT2D eigenvalue weighted by Gasteiger charge is 2.34. The lowest BCUT2D eigenvalue weighted by molar-refractivity contribution is -0.0225. The highest BCUT2D eigenvalue weighted by molar-refractivity contribution is 5.38. The lowest BCUT2D eigenvalue weighted by Crippen LogP contribution is -2.53. The predicted molar refractivity (Wildman–Crippen MR) is 84.4 cm³/mol. The number of hydrogen-bond acceptors (Lipinski definition) is 5. The summed E-state index contributed by atoms with van der Waals surface area (Å²) in [6.45, 7) is 7.76. The van der Waals surface area contributed by atoms with Gasteiger partial charge in [0.2, 0.25) is 0 Å². The molecule has 2 fully saturated rings. The quantitative estimate of drug-likeness (QED) is 0.895. The Hall–Kier alpha value is -1.17. The summed E-state index contributed by atoms with van der Waals surface area (Å²) in [5.74, 6) is 1.09. The van der Waals surface area contributed by atoms with Gasteiger partial charge in [-0.05, 0) is 25.0 Å². The van der Waals surface area contributed by atoms with E-state index in [-0.39, 0.29) is 5.41 Å². The molecule has 2 saturated heterocycles. The molecule has 0 bridgehead atoms. The van der Waals surface area contributed by atoms with Gasteiger partial charge in [0.1, 0.15) is 5.82 Å². The molecule has 116 valence electrons. The molecular formula is C16H26N4O. The first-order valence-corrected chi connectivity index (χ1v) is 7.98. The predicted octanol–water partition coefficient (Wildman–Crippen LogP) is 0.959. The Balaban J connectivity index is 1.53. The number of anilines is 1. The number of piperazine rings is 1. The minimum atomic E-state index is 0.172. The monoisotopic (exact) mass is 290 g/mol. The van der Waals surface area contributed by atoms with Crippen LogP contribution in [0.25, 0.3) is 0 Å². The molecule has 1 unspecified atom stereocenters. The number of pyridine rings is 1. The van der Waals surface area contributed by atoms with Crippen molar-refractivity contribution in [2.75, 3.05) is 57.4 Å². The van der Waals surface area contributed by atoms with Crippen LogP contribution < -0.4 is 10.6 Å². The van der Waals surface area contributed by atoms with E-state index in [0.717, 1.165) is 64.7 Å². The van der Waals surface area contributed by atoms with Crippen LogP contribution in [-0.2, 0) is 4.74 Å². The van der Waals surface area contributed by atoms with Gasteiger partial charge in [-0.1, -0.05) is 6.07 Å². The second-order valence-electron chi connectivity index (χ2n) is 6.31. The van der Waals surface area contributed by atoms with Gasteiger partial charge in [0.05, 0.1) is 6.61 Å². The van der Waals surface area contributed by atoms with Gasteiger partial charge in [-0.25, -0.2) is 4.98 Å². The minimum absolute atomic E-state index is 0.172. The van der Waals surface area contributed by atoms with Crippen molar-refractivity contribution in [2.45, 2.75) is 12.8 Å². The molecule has 5 heteroatoms. The van der Waals surface area contributed by atoms with Crippen LogP contribution in [0.4, 0.5) is 5.82 Å². The van der Waals surface area contributed by atoms with Crippen molar-refractivity contribution >= 4 is 5.82 Å². The second-order valence-corrected chi connectivity index (χ2v) is 6.31. The first-order valence-electron chi connectivity index (χ1n) is 7.98. The van der Waals surface area contributed by atoms with Gasteiger partial charge >= 0.3 is 0 Å². The molecule has 2 aliphatic heterocycles. The Morgan fingerprint density at radius 3 is 2.71 bits per heavy atom. The summed E-state index contributed by atoms with van der Waals surface area (Å²) in [7, 11) is 0. The Kier molecular flexibility index (Phi) is 4.73. The maximum Gasteiger partial charge on any atom is 0.128 e. The van der Waals surface area contributed by atoms with Crippen LogP contribution in [0.1, 0.15) is 12.8 Å². The van der Waals surface area contributed by atoms with Crippen molar-refractivity contribution in [1.29, 1.82) is 0 Å². The van der Waals surface area contributed by atoms with E-state index in [1.807, 2.05) is 12.3 Å². The molecule has 3 rings (SSSR count). The third kappa shape index (κ3) is 3.54. The maximum absolute atomic E-state index is 6.05. The fourth-order valence-electron chi connectivity index (χ4n) is 3.41. The molecule has 0 saturated carbocycles. The van der Waals surface area contributed by atoms with Gasteiger partial charge in [-0.15, -0.1) is 0 Å². The van der Waals surface area contributed by atoms with E-state index in [1.54, 1.807) is 0 Å². The summed E-state index contributed by atoms with van der Waals surface area (Å²) in [5.41, 5.74) is 6.22. The molecule has 1 atom stereocenters. The van der Waals surface area contributed by atoms with Crippen LogP contribution >= 0.6 is 0 Å². The van der Waals surface area contributed by atoms with Crippen LogP contribution in [-0.4, -0.2) is 62.4 Å². The van der Waals surface area contributed by atoms with Gasteiger partial charge in [0, 0.05) is 57.5 Å². The zero-order chi connectivity index (χ0) is 14.5. The van der Waals surface area contributed by atoms with E-state index in [9.17, 15) is 0 Å². The normalized spacial score (nSPS) is 27.8. The third-order valence-corrected chi connectivity index (χ3v) is 4.74. The number of aromatic nitrogens is 1. The summed E-state index contributed by atoms with van der Waals surface area (Å²) >= 11 is 0. The van der Waals surface area contributed by atoms with Crippen molar-refractivity contribution in [1.82, 2.24) is 9.88 Å². The Labute approximate surface area is 127 Å². The molecule has 0 spiro atoms. The SMILES string of the molecule is NCC1(CN2CCN(c3ccccn3)CC2)CCCOC1. The molecule has 21 heavy (non-hydrogen) atoms. The van der Waals surface area contributed by atoms with Crippen molar-refractivity contribution in [3.05, 3.63) is 24.4 Å². The molecule has 1 aromatic rings. The Bertz CT molecular complexity index is 425. The van der Waals surface area contributed by atoms with Crippen molar-refractivity contribution in [3.8, 4) is 0 Å². The number of nitrogens with zero attached hydrogens (tertiary/aromatic N) is 3. The number of rotatable bonds is 4. The fraction of sp³-hybridized carbons (Fsp3) is 0.688. The first-order chi connectivity index (χ1) is 10.3. The number of hydrogen-bond donors (Lipinski definition) is 1. The van der Waals surface area contributed by atoms with E-state index in [2.05, 4.69) is 26.9 Å². The summed E-state index contributed by atoms with van der Waals surface area (Å²) in [4.78, 5) is 9.35. The highest BCUT2D eigenvalue weighted by Crippen LogP contribution is 2.29. The lowest BCUT2D eigenvalue weighted by Gasteiger charge is -2.43. The molecule has 0 aliphatic carbocycles. The van der Waals surface area contributed by atoms with E-state index in [4.69, 9.17) is 10.5 Å². The molecule has 3 heterocycles. The van der Waals surface area contributed by atoms with Gasteiger partial charge < -0.3 is 15.4 Å². The average molecular weight is 290 g/mol. The first kappa shape index (κ1) is 14.8. The number of nitrogens with two attached hydrogens (primary N) is 1. The van der Waals surface area contributed by atoms with Crippen LogP contribution in [0, 0.1) is 5.41 Å². The highest BCUT2D eigenvalue weighted by atomic mass is 16.5. The van der Waals surface area contributed by atoms with Crippen LogP contribution in [0.3, 0.4) is 0 Å². The van der Waals surface area contributed by atoms with Crippen LogP contribution in [0.5, 0.6) is 0 Å². The molecule has 2 aliphatic rings. The molecular weight excluding hydrogens is 264 g/mol. The third-order valence-electron chi connectivity index (χ3n) is 4.74.